The molecule has 0 aliphatic carbocycles. The van der Waals surface area contributed by atoms with E-state index < -0.39 is 0 Å². The molecule has 0 aromatic rings. The zero-order chi connectivity index (χ0) is 11.3. The van der Waals surface area contributed by atoms with Gasteiger partial charge >= 0.3 is 0 Å². The van der Waals surface area contributed by atoms with Gasteiger partial charge in [-0.1, -0.05) is 20.8 Å². The van der Waals surface area contributed by atoms with Gasteiger partial charge in [0.1, 0.15) is 0 Å². The van der Waals surface area contributed by atoms with Crippen molar-refractivity contribution < 1.29 is 5.11 Å². The molecule has 2 N–H and O–H groups in total. The summed E-state index contributed by atoms with van der Waals surface area (Å²) in [6.07, 6.45) is 3.29. The second-order valence-electron chi connectivity index (χ2n) is 5.15. The molecule has 2 unspecified atom stereocenters. The van der Waals surface area contributed by atoms with Crippen LogP contribution >= 0.6 is 11.8 Å². The Balaban J connectivity index is 2.46. The van der Waals surface area contributed by atoms with Crippen LogP contribution in [-0.4, -0.2) is 35.3 Å². The summed E-state index contributed by atoms with van der Waals surface area (Å²) in [6, 6.07) is 1.09. The van der Waals surface area contributed by atoms with Crippen molar-refractivity contribution in [1.82, 2.24) is 5.32 Å². The lowest BCUT2D eigenvalue weighted by molar-refractivity contribution is 0.202. The highest BCUT2D eigenvalue weighted by Crippen LogP contribution is 2.34. The molecule has 0 aromatic carbocycles. The zero-order valence-electron chi connectivity index (χ0n) is 10.3. The first-order valence-electron chi connectivity index (χ1n) is 6.05. The van der Waals surface area contributed by atoms with Gasteiger partial charge in [0.15, 0.2) is 0 Å². The van der Waals surface area contributed by atoms with Crippen molar-refractivity contribution in [2.45, 2.75) is 52.1 Å². The average Bonchev–Trinajstić information content (AvgIpc) is 2.20. The first kappa shape index (κ1) is 13.3. The maximum absolute atomic E-state index is 8.98. The van der Waals surface area contributed by atoms with Crippen molar-refractivity contribution in [3.8, 4) is 0 Å². The maximum atomic E-state index is 8.98. The van der Waals surface area contributed by atoms with Crippen LogP contribution in [-0.2, 0) is 0 Å². The normalized spacial score (nSPS) is 27.6. The van der Waals surface area contributed by atoms with Crippen LogP contribution in [0.15, 0.2) is 0 Å². The van der Waals surface area contributed by atoms with E-state index in [1.165, 1.54) is 17.9 Å². The third-order valence-corrected chi connectivity index (χ3v) is 4.59. The molecule has 1 saturated heterocycles. The van der Waals surface area contributed by atoms with Crippen molar-refractivity contribution in [3.63, 3.8) is 0 Å². The predicted octanol–water partition coefficient (Wildman–Crippen LogP) is 2.27. The summed E-state index contributed by atoms with van der Waals surface area (Å²) in [5, 5.41) is 12.7. The fourth-order valence-corrected chi connectivity index (χ4v) is 3.68. The molecule has 3 heteroatoms. The lowest BCUT2D eigenvalue weighted by Crippen LogP contribution is -2.50. The highest BCUT2D eigenvalue weighted by atomic mass is 32.2. The van der Waals surface area contributed by atoms with Crippen molar-refractivity contribution in [2.75, 3.05) is 18.1 Å². The number of rotatable bonds is 5. The molecule has 0 spiro atoms. The minimum absolute atomic E-state index is 0.297. The first-order chi connectivity index (χ1) is 7.10. The minimum Gasteiger partial charge on any atom is -0.396 e. The van der Waals surface area contributed by atoms with Crippen LogP contribution in [0.4, 0.5) is 0 Å². The van der Waals surface area contributed by atoms with Crippen LogP contribution < -0.4 is 5.32 Å². The first-order valence-corrected chi connectivity index (χ1v) is 7.20. The summed E-state index contributed by atoms with van der Waals surface area (Å²) < 4.78 is 0. The van der Waals surface area contributed by atoms with Crippen molar-refractivity contribution >= 4 is 11.8 Å². The van der Waals surface area contributed by atoms with Crippen molar-refractivity contribution in [2.24, 2.45) is 5.41 Å². The molecule has 0 amide bonds. The van der Waals surface area contributed by atoms with Gasteiger partial charge in [-0.25, -0.2) is 0 Å². The van der Waals surface area contributed by atoms with Gasteiger partial charge in [0, 0.05) is 24.4 Å². The standard InChI is InChI=1S/C12H25NOS/c1-4-10(5-7-14)13-11-9-15-8-6-12(11,2)3/h10-11,13-14H,4-9H2,1-3H3. The number of aliphatic hydroxyl groups excluding tert-OH is 1. The molecule has 1 rings (SSSR count). The quantitative estimate of drug-likeness (QED) is 0.761. The molecular formula is C12H25NOS. The van der Waals surface area contributed by atoms with Gasteiger partial charge in [-0.2, -0.15) is 11.8 Å². The molecule has 2 nitrogen and oxygen atoms in total. The Hall–Kier alpha value is 0.270. The largest absolute Gasteiger partial charge is 0.396 e. The Morgan fingerprint density at radius 2 is 2.27 bits per heavy atom. The monoisotopic (exact) mass is 231 g/mol. The van der Waals surface area contributed by atoms with Gasteiger partial charge in [0.05, 0.1) is 0 Å². The number of aliphatic hydroxyl groups is 1. The highest BCUT2D eigenvalue weighted by Gasteiger charge is 2.33. The summed E-state index contributed by atoms with van der Waals surface area (Å²) in [5.74, 6) is 2.51. The summed E-state index contributed by atoms with van der Waals surface area (Å²) in [6.45, 7) is 7.20. The molecule has 90 valence electrons. The van der Waals surface area contributed by atoms with E-state index in [0.29, 0.717) is 24.1 Å². The van der Waals surface area contributed by atoms with Crippen LogP contribution in [0.5, 0.6) is 0 Å². The number of nitrogens with one attached hydrogen (secondary N) is 1. The van der Waals surface area contributed by atoms with Crippen LogP contribution in [0.3, 0.4) is 0 Å². The SMILES string of the molecule is CCC(CCO)NC1CSCCC1(C)C. The number of hydrogen-bond donors (Lipinski definition) is 2. The van der Waals surface area contributed by atoms with E-state index in [0.717, 1.165) is 12.8 Å². The van der Waals surface area contributed by atoms with E-state index >= 15 is 0 Å². The highest BCUT2D eigenvalue weighted by molar-refractivity contribution is 7.99. The van der Waals surface area contributed by atoms with Gasteiger partial charge in [-0.05, 0) is 30.4 Å². The lowest BCUT2D eigenvalue weighted by Gasteiger charge is -2.40. The molecule has 1 heterocycles. The fraction of sp³-hybridized carbons (Fsp3) is 1.00. The van der Waals surface area contributed by atoms with E-state index in [-0.39, 0.29) is 0 Å². The summed E-state index contributed by atoms with van der Waals surface area (Å²) in [7, 11) is 0. The molecule has 2 atom stereocenters. The van der Waals surface area contributed by atoms with Crippen molar-refractivity contribution in [1.29, 1.82) is 0 Å². The summed E-state index contributed by atoms with van der Waals surface area (Å²) in [4.78, 5) is 0. The molecule has 1 aliphatic heterocycles. The molecule has 0 radical (unpaired) electrons. The summed E-state index contributed by atoms with van der Waals surface area (Å²) in [5.41, 5.74) is 0.411. The Morgan fingerprint density at radius 1 is 1.53 bits per heavy atom. The smallest absolute Gasteiger partial charge is 0.0445 e. The van der Waals surface area contributed by atoms with E-state index in [4.69, 9.17) is 5.11 Å². The van der Waals surface area contributed by atoms with Gasteiger partial charge < -0.3 is 10.4 Å². The fourth-order valence-electron chi connectivity index (χ4n) is 2.06. The second kappa shape index (κ2) is 6.12. The van der Waals surface area contributed by atoms with E-state index in [9.17, 15) is 0 Å². The maximum Gasteiger partial charge on any atom is 0.0445 e. The molecule has 15 heavy (non-hydrogen) atoms. The van der Waals surface area contributed by atoms with Crippen LogP contribution in [0.2, 0.25) is 0 Å². The average molecular weight is 231 g/mol. The Kier molecular flexibility index (Phi) is 5.44. The zero-order valence-corrected chi connectivity index (χ0v) is 11.1. The molecule has 1 fully saturated rings. The molecular weight excluding hydrogens is 206 g/mol. The Bertz CT molecular complexity index is 184. The lowest BCUT2D eigenvalue weighted by atomic mass is 9.81. The third-order valence-electron chi connectivity index (χ3n) is 3.53. The van der Waals surface area contributed by atoms with Gasteiger partial charge in [-0.15, -0.1) is 0 Å². The molecule has 1 aliphatic rings. The number of thioether (sulfide) groups is 1. The van der Waals surface area contributed by atoms with Crippen LogP contribution in [0.1, 0.15) is 40.0 Å². The summed E-state index contributed by atoms with van der Waals surface area (Å²) >= 11 is 2.05. The van der Waals surface area contributed by atoms with E-state index in [2.05, 4.69) is 37.8 Å². The van der Waals surface area contributed by atoms with Crippen LogP contribution in [0, 0.1) is 5.41 Å². The van der Waals surface area contributed by atoms with Crippen LogP contribution in [0.25, 0.3) is 0 Å². The second-order valence-corrected chi connectivity index (χ2v) is 6.30. The predicted molar refractivity (Wildman–Crippen MR) is 68.4 cm³/mol. The number of hydrogen-bond acceptors (Lipinski definition) is 3. The van der Waals surface area contributed by atoms with Crippen molar-refractivity contribution in [3.05, 3.63) is 0 Å². The van der Waals surface area contributed by atoms with Gasteiger partial charge in [0.25, 0.3) is 0 Å². The molecule has 0 aromatic heterocycles. The minimum atomic E-state index is 0.297. The molecule has 0 bridgehead atoms. The Labute approximate surface area is 98.2 Å². The van der Waals surface area contributed by atoms with Gasteiger partial charge in [-0.3, -0.25) is 0 Å². The third kappa shape index (κ3) is 3.97. The Morgan fingerprint density at radius 3 is 2.80 bits per heavy atom. The van der Waals surface area contributed by atoms with E-state index in [1.807, 2.05) is 0 Å². The van der Waals surface area contributed by atoms with E-state index in [1.54, 1.807) is 0 Å². The molecule has 0 saturated carbocycles. The van der Waals surface area contributed by atoms with Gasteiger partial charge in [0.2, 0.25) is 0 Å². The topological polar surface area (TPSA) is 32.3 Å².